The summed E-state index contributed by atoms with van der Waals surface area (Å²) in [6.45, 7) is 2.08. The van der Waals surface area contributed by atoms with Crippen LogP contribution in [0, 0.1) is 5.41 Å². The standard InChI is InChI=1S/C22H25ClN4O2/c1-26-13-9-22(21(29)25-18-3-2-11-24-15-18)10-14-27(12-8-19(22)26)20(28)16-4-6-17(23)7-5-16/h2-7,11,15,19H,8-10,12-14H2,1H3,(H,25,29)/t19-,22-/m1/s1. The summed E-state index contributed by atoms with van der Waals surface area (Å²) in [5, 5.41) is 3.67. The summed E-state index contributed by atoms with van der Waals surface area (Å²) >= 11 is 5.95. The number of carbonyl (C=O) groups excluding carboxylic acids is 2. The highest BCUT2D eigenvalue weighted by Crippen LogP contribution is 2.44. The van der Waals surface area contributed by atoms with E-state index in [-0.39, 0.29) is 17.9 Å². The average Bonchev–Trinajstić information content (AvgIpc) is 2.93. The van der Waals surface area contributed by atoms with Crippen LogP contribution >= 0.6 is 11.6 Å². The second kappa shape index (κ2) is 8.13. The first-order chi connectivity index (χ1) is 14.0. The third-order valence-corrected chi connectivity index (χ3v) is 6.58. The number of aromatic nitrogens is 1. The molecule has 0 radical (unpaired) electrons. The predicted octanol–water partition coefficient (Wildman–Crippen LogP) is 3.30. The number of pyridine rings is 1. The Balaban J connectivity index is 1.54. The van der Waals surface area contributed by atoms with E-state index in [4.69, 9.17) is 11.6 Å². The van der Waals surface area contributed by atoms with Crippen molar-refractivity contribution in [3.05, 3.63) is 59.4 Å². The maximum atomic E-state index is 13.4. The van der Waals surface area contributed by atoms with Crippen LogP contribution in [0.3, 0.4) is 0 Å². The highest BCUT2D eigenvalue weighted by Gasteiger charge is 2.52. The molecule has 2 aliphatic rings. The molecule has 2 aromatic rings. The maximum Gasteiger partial charge on any atom is 0.253 e. The van der Waals surface area contributed by atoms with Crippen LogP contribution < -0.4 is 5.32 Å². The van der Waals surface area contributed by atoms with E-state index in [1.165, 1.54) is 0 Å². The number of rotatable bonds is 3. The van der Waals surface area contributed by atoms with Crippen molar-refractivity contribution in [2.45, 2.75) is 25.3 Å². The number of carbonyl (C=O) groups is 2. The second-order valence-electron chi connectivity index (χ2n) is 7.94. The van der Waals surface area contributed by atoms with Crippen molar-refractivity contribution in [2.24, 2.45) is 5.41 Å². The highest BCUT2D eigenvalue weighted by molar-refractivity contribution is 6.30. The zero-order valence-corrected chi connectivity index (χ0v) is 17.2. The number of benzene rings is 1. The van der Waals surface area contributed by atoms with Gasteiger partial charge in [0.1, 0.15) is 0 Å². The smallest absolute Gasteiger partial charge is 0.253 e. The molecule has 0 spiro atoms. The van der Waals surface area contributed by atoms with Crippen molar-refractivity contribution in [1.82, 2.24) is 14.8 Å². The van der Waals surface area contributed by atoms with Crippen LogP contribution in [0.15, 0.2) is 48.8 Å². The first kappa shape index (κ1) is 19.9. The Hall–Kier alpha value is -2.44. The Morgan fingerprint density at radius 2 is 1.90 bits per heavy atom. The molecule has 0 saturated carbocycles. The van der Waals surface area contributed by atoms with Gasteiger partial charge in [-0.3, -0.25) is 14.6 Å². The molecule has 0 aliphatic carbocycles. The van der Waals surface area contributed by atoms with E-state index in [2.05, 4.69) is 22.2 Å². The van der Waals surface area contributed by atoms with Crippen molar-refractivity contribution in [3.8, 4) is 0 Å². The molecule has 152 valence electrons. The van der Waals surface area contributed by atoms with E-state index in [1.54, 1.807) is 36.7 Å². The molecule has 2 atom stereocenters. The van der Waals surface area contributed by atoms with Gasteiger partial charge in [-0.2, -0.15) is 0 Å². The molecule has 1 aromatic carbocycles. The number of nitrogens with zero attached hydrogens (tertiary/aromatic N) is 3. The van der Waals surface area contributed by atoms with Gasteiger partial charge in [0.2, 0.25) is 5.91 Å². The SMILES string of the molecule is CN1CC[C@@]2(C(=O)Nc3cccnc3)CCN(C(=O)c3ccc(Cl)cc3)CC[C@@H]12. The van der Waals surface area contributed by atoms with Gasteiger partial charge >= 0.3 is 0 Å². The molecule has 0 bridgehead atoms. The maximum absolute atomic E-state index is 13.4. The topological polar surface area (TPSA) is 65.5 Å². The van der Waals surface area contributed by atoms with Gasteiger partial charge in [0.05, 0.1) is 17.3 Å². The second-order valence-corrected chi connectivity index (χ2v) is 8.37. The van der Waals surface area contributed by atoms with Crippen LogP contribution in [0.5, 0.6) is 0 Å². The van der Waals surface area contributed by atoms with Gasteiger partial charge in [0.15, 0.2) is 0 Å². The first-order valence-electron chi connectivity index (χ1n) is 9.96. The summed E-state index contributed by atoms with van der Waals surface area (Å²) in [7, 11) is 2.07. The summed E-state index contributed by atoms with van der Waals surface area (Å²) in [6.07, 6.45) is 5.56. The summed E-state index contributed by atoms with van der Waals surface area (Å²) < 4.78 is 0. The van der Waals surface area contributed by atoms with Crippen LogP contribution in [0.2, 0.25) is 5.02 Å². The molecule has 1 N–H and O–H groups in total. The summed E-state index contributed by atoms with van der Waals surface area (Å²) in [5.74, 6) is 0.0211. The van der Waals surface area contributed by atoms with E-state index < -0.39 is 5.41 Å². The zero-order chi connectivity index (χ0) is 20.4. The lowest BCUT2D eigenvalue weighted by Crippen LogP contribution is -2.46. The van der Waals surface area contributed by atoms with Crippen molar-refractivity contribution in [3.63, 3.8) is 0 Å². The Kier molecular flexibility index (Phi) is 5.56. The molecule has 4 rings (SSSR count). The van der Waals surface area contributed by atoms with Gasteiger partial charge < -0.3 is 15.1 Å². The Labute approximate surface area is 175 Å². The number of nitrogens with one attached hydrogen (secondary N) is 1. The van der Waals surface area contributed by atoms with Crippen LogP contribution in [0.4, 0.5) is 5.69 Å². The molecule has 29 heavy (non-hydrogen) atoms. The monoisotopic (exact) mass is 412 g/mol. The molecule has 6 nitrogen and oxygen atoms in total. The Morgan fingerprint density at radius 3 is 2.62 bits per heavy atom. The fourth-order valence-corrected chi connectivity index (χ4v) is 4.81. The van der Waals surface area contributed by atoms with Crippen molar-refractivity contribution in [1.29, 1.82) is 0 Å². The van der Waals surface area contributed by atoms with E-state index in [1.807, 2.05) is 17.0 Å². The number of halogens is 1. The number of hydrogen-bond donors (Lipinski definition) is 1. The van der Waals surface area contributed by atoms with Crippen LogP contribution in [0.1, 0.15) is 29.6 Å². The number of likely N-dealkylation sites (tertiary alicyclic amines) is 2. The van der Waals surface area contributed by atoms with Crippen LogP contribution in [0.25, 0.3) is 0 Å². The van der Waals surface area contributed by atoms with Gasteiger partial charge in [-0.15, -0.1) is 0 Å². The van der Waals surface area contributed by atoms with Crippen molar-refractivity contribution < 1.29 is 9.59 Å². The quantitative estimate of drug-likeness (QED) is 0.840. The Bertz CT molecular complexity index is 889. The fourth-order valence-electron chi connectivity index (χ4n) is 4.68. The van der Waals surface area contributed by atoms with E-state index >= 15 is 0 Å². The normalized spacial score (nSPS) is 24.6. The number of amides is 2. The van der Waals surface area contributed by atoms with Gasteiger partial charge in [-0.1, -0.05) is 11.6 Å². The predicted molar refractivity (Wildman–Crippen MR) is 113 cm³/mol. The molecule has 2 fully saturated rings. The lowest BCUT2D eigenvalue weighted by Gasteiger charge is -2.34. The minimum Gasteiger partial charge on any atom is -0.339 e. The third kappa shape index (κ3) is 3.87. The van der Waals surface area contributed by atoms with Gasteiger partial charge in [0, 0.05) is 35.9 Å². The highest BCUT2D eigenvalue weighted by atomic mass is 35.5. The first-order valence-corrected chi connectivity index (χ1v) is 10.3. The average molecular weight is 413 g/mol. The molecule has 2 saturated heterocycles. The molecular weight excluding hydrogens is 388 g/mol. The minimum absolute atomic E-state index is 0.00730. The lowest BCUT2D eigenvalue weighted by molar-refractivity contribution is -0.127. The molecule has 0 unspecified atom stereocenters. The molecule has 2 amide bonds. The lowest BCUT2D eigenvalue weighted by atomic mass is 9.75. The van der Waals surface area contributed by atoms with Crippen molar-refractivity contribution >= 4 is 29.1 Å². The summed E-state index contributed by atoms with van der Waals surface area (Å²) in [6, 6.07) is 10.8. The van der Waals surface area contributed by atoms with Crippen LogP contribution in [-0.4, -0.2) is 59.3 Å². The molecular formula is C22H25ClN4O2. The van der Waals surface area contributed by atoms with E-state index in [9.17, 15) is 9.59 Å². The van der Waals surface area contributed by atoms with Crippen molar-refractivity contribution in [2.75, 3.05) is 32.0 Å². The van der Waals surface area contributed by atoms with Gasteiger partial charge in [-0.05, 0) is 69.3 Å². The fraction of sp³-hybridized carbons (Fsp3) is 0.409. The zero-order valence-electron chi connectivity index (χ0n) is 16.5. The largest absolute Gasteiger partial charge is 0.339 e. The number of fused-ring (bicyclic) bond motifs is 1. The summed E-state index contributed by atoms with van der Waals surface area (Å²) in [4.78, 5) is 34.6. The van der Waals surface area contributed by atoms with Crippen LogP contribution in [-0.2, 0) is 4.79 Å². The molecule has 7 heteroatoms. The van der Waals surface area contributed by atoms with Gasteiger partial charge in [-0.25, -0.2) is 0 Å². The summed E-state index contributed by atoms with van der Waals surface area (Å²) in [5.41, 5.74) is 0.835. The molecule has 3 heterocycles. The van der Waals surface area contributed by atoms with E-state index in [0.717, 1.165) is 19.4 Å². The number of hydrogen-bond acceptors (Lipinski definition) is 4. The van der Waals surface area contributed by atoms with Gasteiger partial charge in [0.25, 0.3) is 5.91 Å². The Morgan fingerprint density at radius 1 is 1.14 bits per heavy atom. The molecule has 2 aliphatic heterocycles. The van der Waals surface area contributed by atoms with E-state index in [0.29, 0.717) is 35.8 Å². The molecule has 1 aromatic heterocycles. The number of anilines is 1. The third-order valence-electron chi connectivity index (χ3n) is 6.33. The minimum atomic E-state index is -0.500.